The molecule has 0 aliphatic carbocycles. The molecule has 0 bridgehead atoms. The largest absolute Gasteiger partial charge is 0.478 e. The molecule has 0 unspecified atom stereocenters. The van der Waals surface area contributed by atoms with E-state index in [0.29, 0.717) is 17.3 Å². The number of likely N-dealkylation sites (N-methyl/N-ethyl adjacent to an activating group) is 1. The lowest BCUT2D eigenvalue weighted by atomic mass is 10.2. The van der Waals surface area contributed by atoms with E-state index in [2.05, 4.69) is 49.6 Å². The molecule has 1 aliphatic rings. The van der Waals surface area contributed by atoms with Crippen LogP contribution in [0.2, 0.25) is 0 Å². The van der Waals surface area contributed by atoms with Gasteiger partial charge in [-0.15, -0.1) is 0 Å². The topological polar surface area (TPSA) is 93.6 Å². The first-order valence-corrected chi connectivity index (χ1v) is 8.81. The van der Waals surface area contributed by atoms with E-state index in [1.54, 1.807) is 13.2 Å². The molecule has 8 nitrogen and oxygen atoms in total. The Morgan fingerprint density at radius 2 is 1.89 bits per heavy atom. The minimum Gasteiger partial charge on any atom is -0.478 e. The summed E-state index contributed by atoms with van der Waals surface area (Å²) in [7, 11) is 3.88. The maximum atomic E-state index is 10.7. The Balaban J connectivity index is 1.69. The Kier molecular flexibility index (Phi) is 5.87. The number of carbonyl (C=O) groups is 1. The minimum atomic E-state index is -1.01. The van der Waals surface area contributed by atoms with Gasteiger partial charge >= 0.3 is 5.97 Å². The van der Waals surface area contributed by atoms with Crippen molar-refractivity contribution in [1.29, 1.82) is 0 Å². The van der Waals surface area contributed by atoms with Crippen LogP contribution in [0.3, 0.4) is 0 Å². The molecule has 3 rings (SSSR count). The lowest BCUT2D eigenvalue weighted by Crippen LogP contribution is -2.44. The summed E-state index contributed by atoms with van der Waals surface area (Å²) in [5.74, 6) is -0.0158. The van der Waals surface area contributed by atoms with Gasteiger partial charge in [0.15, 0.2) is 0 Å². The van der Waals surface area contributed by atoms with Crippen molar-refractivity contribution in [3.05, 3.63) is 42.1 Å². The van der Waals surface area contributed by atoms with Gasteiger partial charge in [0, 0.05) is 62.4 Å². The van der Waals surface area contributed by atoms with Gasteiger partial charge in [0.25, 0.3) is 0 Å². The van der Waals surface area contributed by atoms with Gasteiger partial charge in [-0.2, -0.15) is 4.98 Å². The second-order valence-electron chi connectivity index (χ2n) is 6.38. The SMILES string of the molecule is CNc1nc(Nc2ccc(N3CCN(C)CC3)cc2)ncc1C=CC(=O)O. The van der Waals surface area contributed by atoms with Crippen LogP contribution in [0.25, 0.3) is 6.08 Å². The molecular weight excluding hydrogens is 344 g/mol. The van der Waals surface area contributed by atoms with E-state index < -0.39 is 5.97 Å². The van der Waals surface area contributed by atoms with Crippen LogP contribution in [0.15, 0.2) is 36.5 Å². The highest BCUT2D eigenvalue weighted by Crippen LogP contribution is 2.22. The van der Waals surface area contributed by atoms with E-state index in [0.717, 1.165) is 37.9 Å². The molecule has 0 radical (unpaired) electrons. The average molecular weight is 368 g/mol. The number of piperazine rings is 1. The van der Waals surface area contributed by atoms with Gasteiger partial charge in [0.05, 0.1) is 0 Å². The number of anilines is 4. The van der Waals surface area contributed by atoms with E-state index in [4.69, 9.17) is 5.11 Å². The lowest BCUT2D eigenvalue weighted by Gasteiger charge is -2.34. The fourth-order valence-corrected chi connectivity index (χ4v) is 2.88. The molecule has 1 aliphatic heterocycles. The number of nitrogens with one attached hydrogen (secondary N) is 2. The Labute approximate surface area is 158 Å². The van der Waals surface area contributed by atoms with Crippen molar-refractivity contribution in [1.82, 2.24) is 14.9 Å². The van der Waals surface area contributed by atoms with E-state index in [1.807, 2.05) is 12.1 Å². The standard InChI is InChI=1S/C19H24N6O2/c1-20-18-14(3-8-17(26)27)13-21-19(23-18)22-15-4-6-16(7-5-15)25-11-9-24(2)10-12-25/h3-8,13H,9-12H2,1-2H3,(H,26,27)(H2,20,21,22,23). The first-order valence-electron chi connectivity index (χ1n) is 8.81. The number of hydrogen-bond acceptors (Lipinski definition) is 7. The Morgan fingerprint density at radius 3 is 2.52 bits per heavy atom. The molecule has 2 aromatic rings. The Hall–Kier alpha value is -3.13. The van der Waals surface area contributed by atoms with Crippen molar-refractivity contribution in [3.63, 3.8) is 0 Å². The zero-order valence-electron chi connectivity index (χ0n) is 15.5. The van der Waals surface area contributed by atoms with Crippen LogP contribution in [0.5, 0.6) is 0 Å². The van der Waals surface area contributed by atoms with Crippen LogP contribution in [-0.2, 0) is 4.79 Å². The van der Waals surface area contributed by atoms with Gasteiger partial charge in [-0.3, -0.25) is 0 Å². The number of aliphatic carboxylic acids is 1. The van der Waals surface area contributed by atoms with Gasteiger partial charge in [-0.25, -0.2) is 9.78 Å². The van der Waals surface area contributed by atoms with E-state index in [9.17, 15) is 4.79 Å². The predicted octanol–water partition coefficient (Wildman–Crippen LogP) is 2.11. The Bertz CT molecular complexity index is 813. The quantitative estimate of drug-likeness (QED) is 0.668. The zero-order chi connectivity index (χ0) is 19.2. The van der Waals surface area contributed by atoms with E-state index in [-0.39, 0.29) is 0 Å². The molecule has 1 aromatic heterocycles. The first kappa shape index (κ1) is 18.7. The second kappa shape index (κ2) is 8.50. The van der Waals surface area contributed by atoms with E-state index in [1.165, 1.54) is 11.8 Å². The van der Waals surface area contributed by atoms with E-state index >= 15 is 0 Å². The number of rotatable bonds is 6. The summed E-state index contributed by atoms with van der Waals surface area (Å²) < 4.78 is 0. The summed E-state index contributed by atoms with van der Waals surface area (Å²) in [4.78, 5) is 24.0. The van der Waals surface area contributed by atoms with Crippen LogP contribution in [0.1, 0.15) is 5.56 Å². The van der Waals surface area contributed by atoms with Crippen molar-refractivity contribution < 1.29 is 9.90 Å². The molecule has 8 heteroatoms. The zero-order valence-corrected chi connectivity index (χ0v) is 15.5. The molecule has 0 amide bonds. The third-order valence-corrected chi connectivity index (χ3v) is 4.45. The lowest BCUT2D eigenvalue weighted by molar-refractivity contribution is -0.131. The summed E-state index contributed by atoms with van der Waals surface area (Å²) >= 11 is 0. The molecule has 0 atom stereocenters. The highest BCUT2D eigenvalue weighted by molar-refractivity contribution is 5.86. The van der Waals surface area contributed by atoms with Gasteiger partial charge in [-0.1, -0.05) is 0 Å². The molecule has 0 spiro atoms. The van der Waals surface area contributed by atoms with Crippen LogP contribution in [0.4, 0.5) is 23.1 Å². The monoisotopic (exact) mass is 368 g/mol. The van der Waals surface area contributed by atoms with Crippen molar-refractivity contribution in [2.45, 2.75) is 0 Å². The van der Waals surface area contributed by atoms with Crippen molar-refractivity contribution in [2.24, 2.45) is 0 Å². The highest BCUT2D eigenvalue weighted by atomic mass is 16.4. The van der Waals surface area contributed by atoms with Crippen molar-refractivity contribution >= 4 is 35.2 Å². The van der Waals surface area contributed by atoms with Crippen LogP contribution in [0, 0.1) is 0 Å². The van der Waals surface area contributed by atoms with Gasteiger partial charge in [0.1, 0.15) is 5.82 Å². The summed E-state index contributed by atoms with van der Waals surface area (Å²) in [6, 6.07) is 8.20. The number of carboxylic acid groups (broad SMARTS) is 1. The fraction of sp³-hybridized carbons (Fsp3) is 0.316. The normalized spacial score (nSPS) is 15.1. The molecule has 0 saturated carbocycles. The van der Waals surface area contributed by atoms with Crippen LogP contribution < -0.4 is 15.5 Å². The third-order valence-electron chi connectivity index (χ3n) is 4.45. The predicted molar refractivity (Wildman–Crippen MR) is 108 cm³/mol. The second-order valence-corrected chi connectivity index (χ2v) is 6.38. The smallest absolute Gasteiger partial charge is 0.328 e. The summed E-state index contributed by atoms with van der Waals surface area (Å²) in [5.41, 5.74) is 2.71. The van der Waals surface area contributed by atoms with Crippen LogP contribution >= 0.6 is 0 Å². The first-order chi connectivity index (χ1) is 13.0. The summed E-state index contributed by atoms with van der Waals surface area (Å²) in [5, 5.41) is 14.9. The number of nitrogens with zero attached hydrogens (tertiary/aromatic N) is 4. The molecule has 2 heterocycles. The van der Waals surface area contributed by atoms with Crippen molar-refractivity contribution in [3.8, 4) is 0 Å². The van der Waals surface area contributed by atoms with Gasteiger partial charge in [-0.05, 0) is 37.4 Å². The van der Waals surface area contributed by atoms with Crippen LogP contribution in [-0.4, -0.2) is 66.2 Å². The number of carboxylic acids is 1. The fourth-order valence-electron chi connectivity index (χ4n) is 2.88. The maximum Gasteiger partial charge on any atom is 0.328 e. The maximum absolute atomic E-state index is 10.7. The highest BCUT2D eigenvalue weighted by Gasteiger charge is 2.14. The molecular formula is C19H24N6O2. The van der Waals surface area contributed by atoms with Gasteiger partial charge in [0.2, 0.25) is 5.95 Å². The molecule has 27 heavy (non-hydrogen) atoms. The molecule has 1 saturated heterocycles. The average Bonchev–Trinajstić information content (AvgIpc) is 2.68. The number of hydrogen-bond donors (Lipinski definition) is 3. The third kappa shape index (κ3) is 4.95. The molecule has 1 aromatic carbocycles. The van der Waals surface area contributed by atoms with Crippen molar-refractivity contribution in [2.75, 3.05) is 55.8 Å². The molecule has 1 fully saturated rings. The molecule has 142 valence electrons. The summed E-state index contributed by atoms with van der Waals surface area (Å²) in [6.07, 6.45) is 4.10. The van der Waals surface area contributed by atoms with Gasteiger partial charge < -0.3 is 25.5 Å². The summed E-state index contributed by atoms with van der Waals surface area (Å²) in [6.45, 7) is 4.21. The number of benzene rings is 1. The minimum absolute atomic E-state index is 0.444. The number of aromatic nitrogens is 2. The Morgan fingerprint density at radius 1 is 1.19 bits per heavy atom. The molecule has 3 N–H and O–H groups in total.